The molecule has 0 aliphatic heterocycles. The molecule has 84 valence electrons. The topological polar surface area (TPSA) is 0 Å². The van der Waals surface area contributed by atoms with Gasteiger partial charge in [0.15, 0.2) is 0 Å². The zero-order valence-electron chi connectivity index (χ0n) is 11.3. The van der Waals surface area contributed by atoms with Crippen molar-refractivity contribution >= 4 is 0 Å². The van der Waals surface area contributed by atoms with Gasteiger partial charge in [-0.05, 0) is 11.8 Å². The lowest BCUT2D eigenvalue weighted by Gasteiger charge is -1.79. The third-order valence-electron chi connectivity index (χ3n) is 0.707. The number of hydrogen-bond acceptors (Lipinski definition) is 0. The van der Waals surface area contributed by atoms with Crippen LogP contribution in [-0.4, -0.2) is 0 Å². The highest BCUT2D eigenvalue weighted by atomic mass is 13.8. The molecule has 0 N–H and O–H groups in total. The van der Waals surface area contributed by atoms with Crippen molar-refractivity contribution in [1.29, 1.82) is 0 Å². The van der Waals surface area contributed by atoms with E-state index >= 15 is 0 Å². The van der Waals surface area contributed by atoms with Crippen molar-refractivity contribution < 1.29 is 0 Å². The van der Waals surface area contributed by atoms with E-state index in [0.717, 1.165) is 11.8 Å². The largest absolute Gasteiger partial charge is 0.0654 e. The predicted octanol–water partition coefficient (Wildman–Crippen LogP) is 5.52. The Hall–Kier alpha value is 0. The maximum absolute atomic E-state index is 2.21. The van der Waals surface area contributed by atoms with E-state index < -0.39 is 0 Å². The van der Waals surface area contributed by atoms with Crippen LogP contribution in [0.4, 0.5) is 0 Å². The normalized spacial score (nSPS) is 8.77. The molecule has 0 heteroatoms. The minimum Gasteiger partial charge on any atom is -0.0654 e. The number of rotatable bonds is 2. The van der Waals surface area contributed by atoms with Crippen molar-refractivity contribution in [2.75, 3.05) is 0 Å². The van der Waals surface area contributed by atoms with E-state index in [1.165, 1.54) is 19.3 Å². The van der Waals surface area contributed by atoms with Crippen molar-refractivity contribution in [3.63, 3.8) is 0 Å². The minimum atomic E-state index is 0.833. The minimum absolute atomic E-state index is 0.833. The molecule has 0 heterocycles. The number of hydrogen-bond donors (Lipinski definition) is 0. The summed E-state index contributed by atoms with van der Waals surface area (Å²) < 4.78 is 0. The van der Waals surface area contributed by atoms with Crippen molar-refractivity contribution in [2.45, 2.75) is 74.7 Å². The summed E-state index contributed by atoms with van der Waals surface area (Å²) in [6, 6.07) is 0. The van der Waals surface area contributed by atoms with Gasteiger partial charge in [0.05, 0.1) is 0 Å². The van der Waals surface area contributed by atoms with Gasteiger partial charge in [-0.2, -0.15) is 0 Å². The molecule has 0 unspecified atom stereocenters. The van der Waals surface area contributed by atoms with Crippen LogP contribution in [0.1, 0.15) is 74.7 Å². The second kappa shape index (κ2) is 17.9. The van der Waals surface area contributed by atoms with Crippen LogP contribution in [0, 0.1) is 11.8 Å². The highest BCUT2D eigenvalue weighted by Crippen LogP contribution is 1.88. The Bertz CT molecular complexity index is 39.5. The Morgan fingerprint density at radius 2 is 0.769 bits per heavy atom. The van der Waals surface area contributed by atoms with Gasteiger partial charge >= 0.3 is 0 Å². The summed E-state index contributed by atoms with van der Waals surface area (Å²) in [6.45, 7) is 17.4. The second-order valence-corrected chi connectivity index (χ2v) is 4.82. The molecule has 13 heavy (non-hydrogen) atoms. The fourth-order valence-electron chi connectivity index (χ4n) is 0.354. The molecule has 0 nitrogen and oxygen atoms in total. The monoisotopic (exact) mass is 188 g/mol. The van der Waals surface area contributed by atoms with Gasteiger partial charge in [-0.15, -0.1) is 0 Å². The van der Waals surface area contributed by atoms with Crippen LogP contribution in [0.2, 0.25) is 0 Å². The molecular formula is C13H32. The third-order valence-corrected chi connectivity index (χ3v) is 0.707. The standard InChI is InChI=1S/C5H12.2C4H10/c1-3-5-4-2;2*1-4(2)3/h3-5H2,1-2H3;2*4H,1-3H3. The third kappa shape index (κ3) is 300. The van der Waals surface area contributed by atoms with E-state index in [9.17, 15) is 0 Å². The molecule has 0 aliphatic rings. The Kier molecular flexibility index (Phi) is 25.8. The van der Waals surface area contributed by atoms with Gasteiger partial charge in [0.1, 0.15) is 0 Å². The quantitative estimate of drug-likeness (QED) is 0.535. The molecule has 0 spiro atoms. The molecule has 0 bridgehead atoms. The van der Waals surface area contributed by atoms with Crippen molar-refractivity contribution in [3.8, 4) is 0 Å². The molecule has 0 fully saturated rings. The lowest BCUT2D eigenvalue weighted by molar-refractivity contribution is 0.736. The smallest absolute Gasteiger partial charge is 0.0500 e. The van der Waals surface area contributed by atoms with Crippen LogP contribution < -0.4 is 0 Å². The van der Waals surface area contributed by atoms with Crippen LogP contribution in [0.3, 0.4) is 0 Å². The van der Waals surface area contributed by atoms with Crippen molar-refractivity contribution in [2.24, 2.45) is 11.8 Å². The van der Waals surface area contributed by atoms with Crippen molar-refractivity contribution in [3.05, 3.63) is 0 Å². The molecule has 0 aliphatic carbocycles. The van der Waals surface area contributed by atoms with Gasteiger partial charge in [-0.1, -0.05) is 74.7 Å². The summed E-state index contributed by atoms with van der Waals surface area (Å²) in [6.07, 6.45) is 4.08. The summed E-state index contributed by atoms with van der Waals surface area (Å²) in [5.41, 5.74) is 0. The summed E-state index contributed by atoms with van der Waals surface area (Å²) >= 11 is 0. The Morgan fingerprint density at radius 1 is 0.615 bits per heavy atom. The van der Waals surface area contributed by atoms with Crippen LogP contribution in [0.5, 0.6) is 0 Å². The van der Waals surface area contributed by atoms with E-state index in [-0.39, 0.29) is 0 Å². The summed E-state index contributed by atoms with van der Waals surface area (Å²) in [5.74, 6) is 1.67. The van der Waals surface area contributed by atoms with Gasteiger partial charge < -0.3 is 0 Å². The van der Waals surface area contributed by atoms with Gasteiger partial charge in [-0.25, -0.2) is 0 Å². The summed E-state index contributed by atoms with van der Waals surface area (Å²) in [7, 11) is 0. The zero-order chi connectivity index (χ0) is 11.3. The molecule has 0 radical (unpaired) electrons. The first kappa shape index (κ1) is 18.7. The second-order valence-electron chi connectivity index (χ2n) is 4.82. The highest BCUT2D eigenvalue weighted by molar-refractivity contribution is 4.24. The van der Waals surface area contributed by atoms with Crippen LogP contribution in [-0.2, 0) is 0 Å². The molecule has 0 aromatic rings. The zero-order valence-corrected chi connectivity index (χ0v) is 11.3. The average Bonchev–Trinajstić information content (AvgIpc) is 1.86. The lowest BCUT2D eigenvalue weighted by atomic mass is 10.3. The SMILES string of the molecule is CC(C)C.CC(C)C.CCCCC. The van der Waals surface area contributed by atoms with Crippen LogP contribution in [0.15, 0.2) is 0 Å². The summed E-state index contributed by atoms with van der Waals surface area (Å²) in [5, 5.41) is 0. The van der Waals surface area contributed by atoms with Gasteiger partial charge in [0.2, 0.25) is 0 Å². The van der Waals surface area contributed by atoms with Gasteiger partial charge in [-0.3, -0.25) is 0 Å². The molecule has 0 aromatic heterocycles. The first-order chi connectivity index (χ1) is 5.88. The Labute approximate surface area is 87.1 Å². The van der Waals surface area contributed by atoms with E-state index in [4.69, 9.17) is 0 Å². The predicted molar refractivity (Wildman–Crippen MR) is 66.2 cm³/mol. The molecule has 0 saturated carbocycles. The van der Waals surface area contributed by atoms with E-state index in [1.54, 1.807) is 0 Å². The Balaban J connectivity index is -0.000000117. The molecule has 0 rings (SSSR count). The van der Waals surface area contributed by atoms with E-state index in [1.807, 2.05) is 0 Å². The fourth-order valence-corrected chi connectivity index (χ4v) is 0.354. The van der Waals surface area contributed by atoms with E-state index in [0.29, 0.717) is 0 Å². The molecule has 0 amide bonds. The number of unbranched alkanes of at least 4 members (excludes halogenated alkanes) is 2. The average molecular weight is 188 g/mol. The van der Waals surface area contributed by atoms with Gasteiger partial charge in [0, 0.05) is 0 Å². The maximum atomic E-state index is 2.21. The van der Waals surface area contributed by atoms with Crippen LogP contribution in [0.25, 0.3) is 0 Å². The summed E-state index contributed by atoms with van der Waals surface area (Å²) in [4.78, 5) is 0. The van der Waals surface area contributed by atoms with Crippen molar-refractivity contribution in [1.82, 2.24) is 0 Å². The highest BCUT2D eigenvalue weighted by Gasteiger charge is 1.68. The molecule has 0 saturated heterocycles. The van der Waals surface area contributed by atoms with Crippen LogP contribution >= 0.6 is 0 Å². The molecule has 0 atom stereocenters. The lowest BCUT2D eigenvalue weighted by Crippen LogP contribution is -1.66. The Morgan fingerprint density at radius 3 is 0.769 bits per heavy atom. The van der Waals surface area contributed by atoms with Gasteiger partial charge in [0.25, 0.3) is 0 Å². The molecular weight excluding hydrogens is 156 g/mol. The van der Waals surface area contributed by atoms with E-state index in [2.05, 4.69) is 55.4 Å². The first-order valence-corrected chi connectivity index (χ1v) is 5.88. The maximum Gasteiger partial charge on any atom is -0.0500 e. The first-order valence-electron chi connectivity index (χ1n) is 5.88. The fraction of sp³-hybridized carbons (Fsp3) is 1.00. The molecule has 0 aromatic carbocycles.